The van der Waals surface area contributed by atoms with Gasteiger partial charge in [-0.25, -0.2) is 0 Å². The number of fused-ring (bicyclic) bond motifs is 2. The maximum Gasteiger partial charge on any atom is 0.151 e. The highest BCUT2D eigenvalue weighted by atomic mass is 79.9. The second-order valence-corrected chi connectivity index (χ2v) is 6.10. The van der Waals surface area contributed by atoms with Gasteiger partial charge in [-0.3, -0.25) is 5.32 Å². The lowest BCUT2D eigenvalue weighted by Crippen LogP contribution is -2.34. The molecule has 1 aromatic carbocycles. The third kappa shape index (κ3) is 1.39. The maximum absolute atomic E-state index is 6.11. The minimum atomic E-state index is 0.349. The van der Waals surface area contributed by atoms with E-state index in [-0.39, 0.29) is 0 Å². The molecule has 18 heavy (non-hydrogen) atoms. The predicted molar refractivity (Wildman–Crippen MR) is 74.5 cm³/mol. The van der Waals surface area contributed by atoms with Gasteiger partial charge in [-0.2, -0.15) is 0 Å². The molecule has 0 spiro atoms. The quantitative estimate of drug-likeness (QED) is 0.795. The molecular formula is C14H15BrN2O. The first kappa shape index (κ1) is 10.9. The van der Waals surface area contributed by atoms with Gasteiger partial charge in [0.15, 0.2) is 5.75 Å². The molecule has 1 aliphatic carbocycles. The molecule has 3 nitrogen and oxygen atoms in total. The zero-order valence-electron chi connectivity index (χ0n) is 10.2. The number of nitrogens with zero attached hydrogens (tertiary/aromatic N) is 1. The number of hydrogen-bond donors (Lipinski definition) is 1. The highest BCUT2D eigenvalue weighted by Crippen LogP contribution is 2.46. The van der Waals surface area contributed by atoms with E-state index in [1.807, 2.05) is 0 Å². The van der Waals surface area contributed by atoms with Gasteiger partial charge in [0.05, 0.1) is 23.6 Å². The molecule has 1 N–H and O–H groups in total. The fourth-order valence-corrected chi connectivity index (χ4v) is 3.65. The maximum atomic E-state index is 6.11. The number of rotatable bonds is 0. The van der Waals surface area contributed by atoms with E-state index in [0.717, 1.165) is 22.4 Å². The minimum Gasteiger partial charge on any atom is -0.458 e. The van der Waals surface area contributed by atoms with Crippen molar-refractivity contribution in [3.8, 4) is 5.75 Å². The van der Waals surface area contributed by atoms with Crippen molar-refractivity contribution in [2.45, 2.75) is 38.4 Å². The van der Waals surface area contributed by atoms with Crippen LogP contribution < -0.4 is 15.0 Å². The first-order chi connectivity index (χ1) is 8.74. The monoisotopic (exact) mass is 306 g/mol. The standard InChI is InChI=1S/C14H15BrN2O/c1-8-16-10-3-2-4-12-14(10)17(8)11-6-5-9(15)7-13(11)18-12/h5-8,10,16H,2-4H2,1H3. The zero-order chi connectivity index (χ0) is 12.3. The van der Waals surface area contributed by atoms with Gasteiger partial charge in [-0.1, -0.05) is 15.9 Å². The largest absolute Gasteiger partial charge is 0.458 e. The van der Waals surface area contributed by atoms with Gasteiger partial charge in [0, 0.05) is 10.9 Å². The molecule has 4 rings (SSSR count). The molecule has 0 aromatic heterocycles. The van der Waals surface area contributed by atoms with Crippen molar-refractivity contribution >= 4 is 21.6 Å². The van der Waals surface area contributed by atoms with E-state index in [0.29, 0.717) is 12.2 Å². The van der Waals surface area contributed by atoms with Crippen molar-refractivity contribution in [3.63, 3.8) is 0 Å². The molecule has 0 saturated carbocycles. The van der Waals surface area contributed by atoms with Gasteiger partial charge < -0.3 is 9.64 Å². The lowest BCUT2D eigenvalue weighted by molar-refractivity contribution is 0.357. The number of benzene rings is 1. The van der Waals surface area contributed by atoms with Crippen LogP contribution in [0.3, 0.4) is 0 Å². The number of hydrogen-bond acceptors (Lipinski definition) is 3. The Kier molecular flexibility index (Phi) is 2.26. The molecule has 1 aromatic rings. The molecule has 94 valence electrons. The van der Waals surface area contributed by atoms with Crippen LogP contribution in [0.25, 0.3) is 0 Å². The number of nitrogens with one attached hydrogen (secondary N) is 1. The van der Waals surface area contributed by atoms with Crippen LogP contribution in [0.5, 0.6) is 5.75 Å². The number of ether oxygens (including phenoxy) is 1. The van der Waals surface area contributed by atoms with E-state index in [1.54, 1.807) is 0 Å². The van der Waals surface area contributed by atoms with E-state index < -0.39 is 0 Å². The molecule has 1 saturated heterocycles. The average molecular weight is 307 g/mol. The fourth-order valence-electron chi connectivity index (χ4n) is 3.31. The highest BCUT2D eigenvalue weighted by molar-refractivity contribution is 9.10. The number of allylic oxidation sites excluding steroid dienone is 1. The first-order valence-corrected chi connectivity index (χ1v) is 7.29. The molecule has 2 aliphatic heterocycles. The summed E-state index contributed by atoms with van der Waals surface area (Å²) in [5.41, 5.74) is 2.55. The normalized spacial score (nSPS) is 28.9. The van der Waals surface area contributed by atoms with Crippen LogP contribution in [0.2, 0.25) is 0 Å². The summed E-state index contributed by atoms with van der Waals surface area (Å²) in [6, 6.07) is 6.75. The molecular weight excluding hydrogens is 292 g/mol. The topological polar surface area (TPSA) is 24.5 Å². The Hall–Kier alpha value is -1.00. The molecule has 4 heteroatoms. The molecule has 2 atom stereocenters. The van der Waals surface area contributed by atoms with Crippen LogP contribution in [-0.4, -0.2) is 12.2 Å². The molecule has 1 fully saturated rings. The number of halogens is 1. The van der Waals surface area contributed by atoms with Crippen molar-refractivity contribution in [1.82, 2.24) is 5.32 Å². The summed E-state index contributed by atoms with van der Waals surface area (Å²) in [6.45, 7) is 2.22. The van der Waals surface area contributed by atoms with Gasteiger partial charge in [-0.05, 0) is 38.0 Å². The molecule has 2 unspecified atom stereocenters. The third-order valence-corrected chi connectivity index (χ3v) is 4.51. The van der Waals surface area contributed by atoms with Crippen LogP contribution >= 0.6 is 15.9 Å². The Labute approximate surface area is 115 Å². The van der Waals surface area contributed by atoms with Crippen LogP contribution in [0, 0.1) is 0 Å². The first-order valence-electron chi connectivity index (χ1n) is 6.50. The summed E-state index contributed by atoms with van der Waals surface area (Å²) in [5.74, 6) is 2.13. The van der Waals surface area contributed by atoms with E-state index in [1.165, 1.54) is 24.2 Å². The van der Waals surface area contributed by atoms with Crippen molar-refractivity contribution in [3.05, 3.63) is 34.1 Å². The van der Waals surface area contributed by atoms with Gasteiger partial charge in [0.1, 0.15) is 5.76 Å². The van der Waals surface area contributed by atoms with Crippen molar-refractivity contribution in [1.29, 1.82) is 0 Å². The second kappa shape index (κ2) is 3.75. The average Bonchev–Trinajstić information content (AvgIpc) is 2.68. The van der Waals surface area contributed by atoms with Crippen LogP contribution in [0.15, 0.2) is 34.1 Å². The Morgan fingerprint density at radius 3 is 3.22 bits per heavy atom. The molecule has 3 aliphatic rings. The summed E-state index contributed by atoms with van der Waals surface area (Å²) < 4.78 is 7.18. The van der Waals surface area contributed by atoms with Gasteiger partial charge >= 0.3 is 0 Å². The van der Waals surface area contributed by atoms with E-state index in [9.17, 15) is 0 Å². The van der Waals surface area contributed by atoms with Gasteiger partial charge in [-0.15, -0.1) is 0 Å². The highest BCUT2D eigenvalue weighted by Gasteiger charge is 2.42. The smallest absolute Gasteiger partial charge is 0.151 e. The van der Waals surface area contributed by atoms with Crippen molar-refractivity contribution < 1.29 is 4.74 Å². The number of anilines is 1. The van der Waals surface area contributed by atoms with Crippen molar-refractivity contribution in [2.24, 2.45) is 0 Å². The van der Waals surface area contributed by atoms with Crippen LogP contribution in [0.1, 0.15) is 26.2 Å². The molecule has 0 radical (unpaired) electrons. The van der Waals surface area contributed by atoms with E-state index in [4.69, 9.17) is 4.74 Å². The Morgan fingerprint density at radius 1 is 1.44 bits per heavy atom. The van der Waals surface area contributed by atoms with Crippen molar-refractivity contribution in [2.75, 3.05) is 4.90 Å². The van der Waals surface area contributed by atoms with Crippen LogP contribution in [0.4, 0.5) is 5.69 Å². The zero-order valence-corrected chi connectivity index (χ0v) is 11.8. The van der Waals surface area contributed by atoms with E-state index >= 15 is 0 Å². The summed E-state index contributed by atoms with van der Waals surface area (Å²) in [5, 5.41) is 3.66. The molecule has 0 bridgehead atoms. The summed E-state index contributed by atoms with van der Waals surface area (Å²) in [4.78, 5) is 2.41. The predicted octanol–water partition coefficient (Wildman–Crippen LogP) is 3.36. The fraction of sp³-hybridized carbons (Fsp3) is 0.429. The lowest BCUT2D eigenvalue weighted by Gasteiger charge is -2.35. The minimum absolute atomic E-state index is 0.349. The summed E-state index contributed by atoms with van der Waals surface area (Å²) >= 11 is 3.52. The second-order valence-electron chi connectivity index (χ2n) is 5.18. The SMILES string of the molecule is CC1NC2CCCC3=C2N1c1ccc(Br)cc1O3. The Balaban J connectivity index is 1.90. The van der Waals surface area contributed by atoms with Crippen LogP contribution in [-0.2, 0) is 0 Å². The summed E-state index contributed by atoms with van der Waals surface area (Å²) in [7, 11) is 0. The Bertz CT molecular complexity index is 555. The molecule has 0 amide bonds. The third-order valence-electron chi connectivity index (χ3n) is 4.02. The lowest BCUT2D eigenvalue weighted by atomic mass is 9.97. The Morgan fingerprint density at radius 2 is 2.33 bits per heavy atom. The van der Waals surface area contributed by atoms with Gasteiger partial charge in [0.2, 0.25) is 0 Å². The summed E-state index contributed by atoms with van der Waals surface area (Å²) in [6.07, 6.45) is 3.83. The van der Waals surface area contributed by atoms with Gasteiger partial charge in [0.25, 0.3) is 0 Å². The van der Waals surface area contributed by atoms with E-state index in [2.05, 4.69) is 51.3 Å². The molecule has 2 heterocycles.